The third-order valence-electron chi connectivity index (χ3n) is 5.43. The van der Waals surface area contributed by atoms with Gasteiger partial charge in [0, 0.05) is 35.2 Å². The molecule has 0 radical (unpaired) electrons. The number of H-pyrrole nitrogens is 1. The normalized spacial score (nSPS) is 13.8. The van der Waals surface area contributed by atoms with Crippen LogP contribution in [0.4, 0.5) is 21.7 Å². The van der Waals surface area contributed by atoms with Gasteiger partial charge in [0.1, 0.15) is 18.3 Å². The molecule has 0 atom stereocenters. The van der Waals surface area contributed by atoms with Crippen LogP contribution in [0.1, 0.15) is 43.2 Å². The number of benzene rings is 1. The second kappa shape index (κ2) is 7.89. The van der Waals surface area contributed by atoms with Crippen LogP contribution in [-0.2, 0) is 25.1 Å². The van der Waals surface area contributed by atoms with Crippen LogP contribution in [0.3, 0.4) is 0 Å². The van der Waals surface area contributed by atoms with Crippen LogP contribution in [0, 0.1) is 0 Å². The first-order valence-corrected chi connectivity index (χ1v) is 10.1. The number of halogens is 1. The fourth-order valence-corrected chi connectivity index (χ4v) is 3.76. The van der Waals surface area contributed by atoms with Crippen molar-refractivity contribution in [1.82, 2.24) is 15.0 Å². The van der Waals surface area contributed by atoms with Crippen molar-refractivity contribution < 1.29 is 4.39 Å². The molecular formula is C23H26FN5O. The van der Waals surface area contributed by atoms with Crippen molar-refractivity contribution in [2.24, 2.45) is 0 Å². The van der Waals surface area contributed by atoms with E-state index in [1.54, 1.807) is 18.3 Å². The predicted octanol–water partition coefficient (Wildman–Crippen LogP) is 4.24. The molecule has 0 saturated carbocycles. The molecule has 3 aromatic rings. The Bertz CT molecular complexity index is 1100. The zero-order chi connectivity index (χ0) is 21.3. The maximum Gasteiger partial charge on any atom is 0.347 e. The maximum absolute atomic E-state index is 13.4. The van der Waals surface area contributed by atoms with E-state index in [0.717, 1.165) is 16.9 Å². The number of hydrogen-bond donors (Lipinski definition) is 2. The monoisotopic (exact) mass is 407 g/mol. The number of anilines is 3. The van der Waals surface area contributed by atoms with E-state index in [9.17, 15) is 9.18 Å². The van der Waals surface area contributed by atoms with Gasteiger partial charge in [0.25, 0.3) is 0 Å². The lowest BCUT2D eigenvalue weighted by molar-refractivity contribution is 0.483. The average molecular weight is 407 g/mol. The largest absolute Gasteiger partial charge is 0.350 e. The standard InChI is InChI=1S/C23H26FN5O/c1-23(2,3)16-6-8-17(9-7-16)26-20-18-10-12-29(14-19(18)27-22(30)28-20)21-15(13-24)5-4-11-25-21/h4-9,11H,10,12-14H2,1-3H3,(H2,26,27,28,30). The van der Waals surface area contributed by atoms with E-state index in [4.69, 9.17) is 0 Å². The van der Waals surface area contributed by atoms with Gasteiger partial charge in [-0.25, -0.2) is 14.2 Å². The first-order chi connectivity index (χ1) is 14.3. The maximum atomic E-state index is 13.4. The number of rotatable bonds is 4. The van der Waals surface area contributed by atoms with Gasteiger partial charge in [0.2, 0.25) is 0 Å². The number of fused-ring (bicyclic) bond motifs is 1. The van der Waals surface area contributed by atoms with Gasteiger partial charge >= 0.3 is 5.69 Å². The highest BCUT2D eigenvalue weighted by Crippen LogP contribution is 2.29. The fraction of sp³-hybridized carbons (Fsp3) is 0.348. The lowest BCUT2D eigenvalue weighted by atomic mass is 9.87. The molecule has 1 aliphatic heterocycles. The van der Waals surface area contributed by atoms with Crippen molar-refractivity contribution in [3.05, 3.63) is 75.5 Å². The minimum atomic E-state index is -0.573. The van der Waals surface area contributed by atoms with Crippen LogP contribution in [-0.4, -0.2) is 21.5 Å². The number of nitrogens with one attached hydrogen (secondary N) is 2. The zero-order valence-corrected chi connectivity index (χ0v) is 17.5. The average Bonchev–Trinajstić information content (AvgIpc) is 2.73. The Hall–Kier alpha value is -3.22. The quantitative estimate of drug-likeness (QED) is 0.677. The Morgan fingerprint density at radius 3 is 2.67 bits per heavy atom. The number of alkyl halides is 1. The Morgan fingerprint density at radius 2 is 1.97 bits per heavy atom. The molecule has 1 aliphatic rings. The van der Waals surface area contributed by atoms with Gasteiger partial charge in [-0.2, -0.15) is 4.98 Å². The third-order valence-corrected chi connectivity index (χ3v) is 5.43. The van der Waals surface area contributed by atoms with Gasteiger partial charge < -0.3 is 15.2 Å². The first kappa shape index (κ1) is 20.1. The Balaban J connectivity index is 1.61. The Morgan fingerprint density at radius 1 is 1.20 bits per heavy atom. The molecular weight excluding hydrogens is 381 g/mol. The molecule has 1 aromatic carbocycles. The molecule has 6 nitrogen and oxygen atoms in total. The van der Waals surface area contributed by atoms with Crippen molar-refractivity contribution in [2.75, 3.05) is 16.8 Å². The zero-order valence-electron chi connectivity index (χ0n) is 17.5. The van der Waals surface area contributed by atoms with E-state index in [-0.39, 0.29) is 5.41 Å². The van der Waals surface area contributed by atoms with E-state index < -0.39 is 12.4 Å². The second-order valence-electron chi connectivity index (χ2n) is 8.59. The van der Waals surface area contributed by atoms with E-state index in [1.165, 1.54) is 5.56 Å². The highest BCUT2D eigenvalue weighted by molar-refractivity contribution is 5.62. The molecule has 156 valence electrons. The van der Waals surface area contributed by atoms with Crippen LogP contribution in [0.2, 0.25) is 0 Å². The van der Waals surface area contributed by atoms with E-state index >= 15 is 0 Å². The predicted molar refractivity (Wildman–Crippen MR) is 117 cm³/mol. The van der Waals surface area contributed by atoms with E-state index in [1.807, 2.05) is 17.0 Å². The highest BCUT2D eigenvalue weighted by atomic mass is 19.1. The van der Waals surface area contributed by atoms with Gasteiger partial charge in [0.15, 0.2) is 0 Å². The van der Waals surface area contributed by atoms with Crippen molar-refractivity contribution in [2.45, 2.75) is 45.8 Å². The lowest BCUT2D eigenvalue weighted by Crippen LogP contribution is -2.35. The smallest absolute Gasteiger partial charge is 0.347 e. The topological polar surface area (TPSA) is 73.9 Å². The van der Waals surface area contributed by atoms with Crippen molar-refractivity contribution in [1.29, 1.82) is 0 Å². The fourth-order valence-electron chi connectivity index (χ4n) is 3.76. The highest BCUT2D eigenvalue weighted by Gasteiger charge is 2.24. The van der Waals surface area contributed by atoms with E-state index in [0.29, 0.717) is 36.7 Å². The van der Waals surface area contributed by atoms with Crippen LogP contribution in [0.15, 0.2) is 47.4 Å². The summed E-state index contributed by atoms with van der Waals surface area (Å²) in [7, 11) is 0. The number of nitrogens with zero attached hydrogens (tertiary/aromatic N) is 3. The van der Waals surface area contributed by atoms with Crippen LogP contribution >= 0.6 is 0 Å². The summed E-state index contributed by atoms with van der Waals surface area (Å²) in [6.45, 7) is 7.07. The van der Waals surface area contributed by atoms with Gasteiger partial charge in [-0.15, -0.1) is 0 Å². The summed E-state index contributed by atoms with van der Waals surface area (Å²) in [4.78, 5) is 25.6. The Kier molecular flexibility index (Phi) is 5.28. The summed E-state index contributed by atoms with van der Waals surface area (Å²) < 4.78 is 13.4. The molecule has 0 unspecified atom stereocenters. The Labute approximate surface area is 175 Å². The molecule has 2 N–H and O–H groups in total. The summed E-state index contributed by atoms with van der Waals surface area (Å²) in [5.74, 6) is 1.19. The summed E-state index contributed by atoms with van der Waals surface area (Å²) in [6, 6.07) is 11.7. The number of aromatic nitrogens is 3. The summed E-state index contributed by atoms with van der Waals surface area (Å²) >= 11 is 0. The van der Waals surface area contributed by atoms with E-state index in [2.05, 4.69) is 53.2 Å². The molecule has 0 amide bonds. The summed E-state index contributed by atoms with van der Waals surface area (Å²) in [6.07, 6.45) is 2.33. The van der Waals surface area contributed by atoms with Crippen LogP contribution < -0.4 is 15.9 Å². The molecule has 0 spiro atoms. The number of hydrogen-bond acceptors (Lipinski definition) is 5. The molecule has 0 aliphatic carbocycles. The van der Waals surface area contributed by atoms with Gasteiger partial charge in [-0.3, -0.25) is 0 Å². The van der Waals surface area contributed by atoms with Gasteiger partial charge in [-0.05, 0) is 35.6 Å². The molecule has 4 rings (SSSR count). The van der Waals surface area contributed by atoms with Gasteiger partial charge in [-0.1, -0.05) is 39.0 Å². The molecule has 2 aromatic heterocycles. The molecule has 0 fully saturated rings. The minimum Gasteiger partial charge on any atom is -0.350 e. The molecule has 7 heteroatoms. The summed E-state index contributed by atoms with van der Waals surface area (Å²) in [5, 5.41) is 3.30. The number of aromatic amines is 1. The van der Waals surface area contributed by atoms with Crippen molar-refractivity contribution in [3.8, 4) is 0 Å². The summed E-state index contributed by atoms with van der Waals surface area (Å²) in [5.41, 5.74) is 4.10. The second-order valence-corrected chi connectivity index (χ2v) is 8.59. The number of pyridine rings is 1. The SMILES string of the molecule is CC(C)(C)c1ccc(Nc2nc(=O)[nH]c3c2CCN(c2ncccc2CF)C3)cc1. The molecule has 30 heavy (non-hydrogen) atoms. The van der Waals surface area contributed by atoms with Crippen molar-refractivity contribution in [3.63, 3.8) is 0 Å². The molecule has 0 saturated heterocycles. The molecule has 0 bridgehead atoms. The van der Waals surface area contributed by atoms with Crippen LogP contribution in [0.5, 0.6) is 0 Å². The van der Waals surface area contributed by atoms with Crippen molar-refractivity contribution >= 4 is 17.3 Å². The third kappa shape index (κ3) is 4.06. The van der Waals surface area contributed by atoms with Crippen LogP contribution in [0.25, 0.3) is 0 Å². The minimum absolute atomic E-state index is 0.0766. The molecule has 3 heterocycles. The first-order valence-electron chi connectivity index (χ1n) is 10.1. The van der Waals surface area contributed by atoms with Gasteiger partial charge in [0.05, 0.1) is 6.54 Å². The lowest BCUT2D eigenvalue weighted by Gasteiger charge is -2.31.